The zero-order valence-electron chi connectivity index (χ0n) is 10.6. The molecule has 0 N–H and O–H groups in total. The van der Waals surface area contributed by atoms with Crippen molar-refractivity contribution in [2.24, 2.45) is 0 Å². The van der Waals surface area contributed by atoms with Crippen LogP contribution in [0.1, 0.15) is 33.6 Å². The number of esters is 1. The molecular formula is C12H13F5O2. The standard InChI is InChI=1S/C9H5F5O2.C3H8/c1-2-3(15)16-9-7(13)5(11)4(10)6(12)8(9)14;1-3-2/h2H2,1H3;3H2,1-2H3. The zero-order valence-corrected chi connectivity index (χ0v) is 10.6. The molecule has 0 fully saturated rings. The van der Waals surface area contributed by atoms with Crippen molar-refractivity contribution in [1.29, 1.82) is 0 Å². The summed E-state index contributed by atoms with van der Waals surface area (Å²) >= 11 is 0. The van der Waals surface area contributed by atoms with E-state index in [1.54, 1.807) is 0 Å². The Labute approximate surface area is 107 Å². The Hall–Kier alpha value is -1.66. The molecule has 0 radical (unpaired) electrons. The van der Waals surface area contributed by atoms with E-state index in [9.17, 15) is 26.7 Å². The smallest absolute Gasteiger partial charge is 0.311 e. The summed E-state index contributed by atoms with van der Waals surface area (Å²) in [6.45, 7) is 5.55. The fraction of sp³-hybridized carbons (Fsp3) is 0.417. The molecule has 0 unspecified atom stereocenters. The van der Waals surface area contributed by atoms with Gasteiger partial charge in [0.1, 0.15) is 0 Å². The highest BCUT2D eigenvalue weighted by molar-refractivity contribution is 5.72. The van der Waals surface area contributed by atoms with E-state index in [2.05, 4.69) is 18.6 Å². The van der Waals surface area contributed by atoms with Gasteiger partial charge in [-0.25, -0.2) is 13.2 Å². The lowest BCUT2D eigenvalue weighted by Gasteiger charge is -2.07. The van der Waals surface area contributed by atoms with E-state index in [4.69, 9.17) is 0 Å². The Morgan fingerprint density at radius 1 is 0.842 bits per heavy atom. The van der Waals surface area contributed by atoms with E-state index in [1.807, 2.05) is 0 Å². The SMILES string of the molecule is CCC.CCC(=O)Oc1c(F)c(F)c(F)c(F)c1F. The molecule has 0 amide bonds. The van der Waals surface area contributed by atoms with Gasteiger partial charge in [0, 0.05) is 6.42 Å². The first-order chi connectivity index (χ1) is 8.81. The molecular weight excluding hydrogens is 271 g/mol. The molecule has 1 aromatic carbocycles. The second kappa shape index (κ2) is 7.70. The molecule has 0 aliphatic heterocycles. The molecule has 0 bridgehead atoms. The summed E-state index contributed by atoms with van der Waals surface area (Å²) in [6, 6.07) is 0. The third-order valence-electron chi connectivity index (χ3n) is 1.67. The fourth-order valence-corrected chi connectivity index (χ4v) is 0.860. The maximum Gasteiger partial charge on any atom is 0.311 e. The van der Waals surface area contributed by atoms with E-state index >= 15 is 0 Å². The maximum absolute atomic E-state index is 12.9. The maximum atomic E-state index is 12.9. The van der Waals surface area contributed by atoms with Crippen LogP contribution in [-0.2, 0) is 4.79 Å². The number of carbonyl (C=O) groups is 1. The molecule has 7 heteroatoms. The lowest BCUT2D eigenvalue weighted by Crippen LogP contribution is -2.12. The largest absolute Gasteiger partial charge is 0.420 e. The summed E-state index contributed by atoms with van der Waals surface area (Å²) in [6.07, 6.45) is 0.986. The highest BCUT2D eigenvalue weighted by Crippen LogP contribution is 2.29. The van der Waals surface area contributed by atoms with Gasteiger partial charge in [-0.05, 0) is 0 Å². The van der Waals surface area contributed by atoms with Crippen molar-refractivity contribution in [2.75, 3.05) is 0 Å². The van der Waals surface area contributed by atoms with Crippen molar-refractivity contribution in [2.45, 2.75) is 33.6 Å². The van der Waals surface area contributed by atoms with Crippen molar-refractivity contribution in [3.8, 4) is 5.75 Å². The molecule has 0 spiro atoms. The third kappa shape index (κ3) is 4.18. The summed E-state index contributed by atoms with van der Waals surface area (Å²) < 4.78 is 67.6. The molecule has 1 rings (SSSR count). The van der Waals surface area contributed by atoms with Crippen molar-refractivity contribution in [1.82, 2.24) is 0 Å². The first-order valence-electron chi connectivity index (χ1n) is 5.53. The van der Waals surface area contributed by atoms with Crippen molar-refractivity contribution in [3.05, 3.63) is 29.1 Å². The predicted molar refractivity (Wildman–Crippen MR) is 58.1 cm³/mol. The van der Waals surface area contributed by atoms with Crippen molar-refractivity contribution in [3.63, 3.8) is 0 Å². The summed E-state index contributed by atoms with van der Waals surface area (Å²) in [5.41, 5.74) is 0. The number of rotatable bonds is 2. The Bertz CT molecular complexity index is 431. The van der Waals surface area contributed by atoms with Crippen LogP contribution in [-0.4, -0.2) is 5.97 Å². The third-order valence-corrected chi connectivity index (χ3v) is 1.67. The van der Waals surface area contributed by atoms with Crippen LogP contribution in [0.4, 0.5) is 22.0 Å². The van der Waals surface area contributed by atoms with E-state index < -0.39 is 40.8 Å². The van der Waals surface area contributed by atoms with E-state index in [1.165, 1.54) is 13.3 Å². The van der Waals surface area contributed by atoms with Crippen LogP contribution in [0.15, 0.2) is 0 Å². The van der Waals surface area contributed by atoms with E-state index in [-0.39, 0.29) is 6.42 Å². The molecule has 108 valence electrons. The summed E-state index contributed by atoms with van der Waals surface area (Å²) in [7, 11) is 0. The minimum absolute atomic E-state index is 0.264. The van der Waals surface area contributed by atoms with Gasteiger partial charge in [0.05, 0.1) is 0 Å². The Morgan fingerprint density at radius 3 is 1.47 bits per heavy atom. The monoisotopic (exact) mass is 284 g/mol. The van der Waals surface area contributed by atoms with Gasteiger partial charge in [-0.3, -0.25) is 4.79 Å². The number of hydrogen-bond donors (Lipinski definition) is 0. The molecule has 19 heavy (non-hydrogen) atoms. The number of benzene rings is 1. The van der Waals surface area contributed by atoms with Crippen LogP contribution >= 0.6 is 0 Å². The zero-order chi connectivity index (χ0) is 15.2. The Balaban J connectivity index is 0.000000982. The molecule has 0 aliphatic carbocycles. The lowest BCUT2D eigenvalue weighted by molar-refractivity contribution is -0.134. The van der Waals surface area contributed by atoms with Crippen LogP contribution in [0.3, 0.4) is 0 Å². The number of ether oxygens (including phenoxy) is 1. The van der Waals surface area contributed by atoms with Gasteiger partial charge in [0.2, 0.25) is 34.8 Å². The summed E-state index contributed by atoms with van der Waals surface area (Å²) in [4.78, 5) is 10.7. The quantitative estimate of drug-likeness (QED) is 0.268. The van der Waals surface area contributed by atoms with Crippen LogP contribution in [0.5, 0.6) is 5.75 Å². The van der Waals surface area contributed by atoms with Crippen molar-refractivity contribution < 1.29 is 31.5 Å². The fourth-order valence-electron chi connectivity index (χ4n) is 0.860. The summed E-state index contributed by atoms with van der Waals surface area (Å²) in [5.74, 6) is -13.6. The molecule has 0 heterocycles. The Kier molecular flexibility index (Phi) is 7.03. The molecule has 0 saturated carbocycles. The predicted octanol–water partition coefficient (Wildman–Crippen LogP) is 4.11. The number of hydrogen-bond acceptors (Lipinski definition) is 2. The molecule has 1 aromatic rings. The van der Waals surface area contributed by atoms with Gasteiger partial charge in [-0.1, -0.05) is 27.2 Å². The van der Waals surface area contributed by atoms with Gasteiger partial charge < -0.3 is 4.74 Å². The van der Waals surface area contributed by atoms with Gasteiger partial charge in [-0.2, -0.15) is 8.78 Å². The summed E-state index contributed by atoms with van der Waals surface area (Å²) in [5, 5.41) is 0. The highest BCUT2D eigenvalue weighted by Gasteiger charge is 2.28. The average Bonchev–Trinajstić information content (AvgIpc) is 2.39. The van der Waals surface area contributed by atoms with Crippen LogP contribution in [0.25, 0.3) is 0 Å². The minimum atomic E-state index is -2.30. The van der Waals surface area contributed by atoms with Gasteiger partial charge in [0.25, 0.3) is 0 Å². The second-order valence-corrected chi connectivity index (χ2v) is 3.43. The molecule has 2 nitrogen and oxygen atoms in total. The van der Waals surface area contributed by atoms with Gasteiger partial charge in [-0.15, -0.1) is 0 Å². The average molecular weight is 284 g/mol. The molecule has 0 aliphatic rings. The second-order valence-electron chi connectivity index (χ2n) is 3.43. The molecule has 0 aromatic heterocycles. The van der Waals surface area contributed by atoms with Crippen LogP contribution in [0.2, 0.25) is 0 Å². The number of carbonyl (C=O) groups excluding carboxylic acids is 1. The van der Waals surface area contributed by atoms with Gasteiger partial charge in [0.15, 0.2) is 0 Å². The highest BCUT2D eigenvalue weighted by atomic mass is 19.2. The van der Waals surface area contributed by atoms with Gasteiger partial charge >= 0.3 is 5.97 Å². The topological polar surface area (TPSA) is 26.3 Å². The first kappa shape index (κ1) is 17.3. The van der Waals surface area contributed by atoms with Crippen LogP contribution < -0.4 is 4.74 Å². The van der Waals surface area contributed by atoms with E-state index in [0.29, 0.717) is 0 Å². The number of halogens is 5. The molecule has 0 atom stereocenters. The Morgan fingerprint density at radius 2 is 1.16 bits per heavy atom. The lowest BCUT2D eigenvalue weighted by atomic mass is 10.2. The minimum Gasteiger partial charge on any atom is -0.420 e. The molecule has 0 saturated heterocycles. The van der Waals surface area contributed by atoms with E-state index in [0.717, 1.165) is 0 Å². The normalized spacial score (nSPS) is 9.68. The van der Waals surface area contributed by atoms with Crippen molar-refractivity contribution >= 4 is 5.97 Å². The van der Waals surface area contributed by atoms with Crippen LogP contribution in [0, 0.1) is 29.1 Å². The first-order valence-corrected chi connectivity index (χ1v) is 5.53.